The lowest BCUT2D eigenvalue weighted by molar-refractivity contribution is 0.0497. The Kier molecular flexibility index (Phi) is 7.44. The summed E-state index contributed by atoms with van der Waals surface area (Å²) in [4.78, 5) is 15.1. The first-order valence-corrected chi connectivity index (χ1v) is 10.3. The average molecular weight is 367 g/mol. The Balaban J connectivity index is 1.81. The van der Waals surface area contributed by atoms with Crippen LogP contribution >= 0.6 is 0 Å². The number of hydrogen-bond acceptors (Lipinski definition) is 4. The van der Waals surface area contributed by atoms with Crippen LogP contribution in [0.25, 0.3) is 0 Å². The van der Waals surface area contributed by atoms with Crippen LogP contribution < -0.4 is 5.32 Å². The van der Waals surface area contributed by atoms with Gasteiger partial charge in [-0.1, -0.05) is 24.6 Å². The predicted molar refractivity (Wildman–Crippen MR) is 101 cm³/mol. The Labute approximate surface area is 153 Å². The topological polar surface area (TPSA) is 58.6 Å². The van der Waals surface area contributed by atoms with Crippen LogP contribution in [-0.4, -0.2) is 52.2 Å². The molecule has 2 unspecified atom stereocenters. The summed E-state index contributed by atoms with van der Waals surface area (Å²) in [5, 5.41) is 2.88. The van der Waals surface area contributed by atoms with Crippen molar-refractivity contribution in [3.63, 3.8) is 0 Å². The normalized spacial score (nSPS) is 20.0. The third kappa shape index (κ3) is 7.16. The average Bonchev–Trinajstić information content (AvgIpc) is 2.58. The van der Waals surface area contributed by atoms with E-state index in [-0.39, 0.29) is 12.1 Å². The van der Waals surface area contributed by atoms with E-state index in [9.17, 15) is 9.00 Å². The van der Waals surface area contributed by atoms with E-state index >= 15 is 0 Å². The maximum atomic E-state index is 12.4. The first-order valence-electron chi connectivity index (χ1n) is 8.99. The molecule has 1 N–H and O–H groups in total. The van der Waals surface area contributed by atoms with Crippen LogP contribution in [0.3, 0.4) is 0 Å². The number of amides is 1. The minimum Gasteiger partial charge on any atom is -0.444 e. The molecule has 0 saturated carbocycles. The van der Waals surface area contributed by atoms with Gasteiger partial charge < -0.3 is 10.1 Å². The molecular weight excluding hydrogens is 336 g/mol. The second-order valence-corrected chi connectivity index (χ2v) is 9.00. The predicted octanol–water partition coefficient (Wildman–Crippen LogP) is 3.17. The third-order valence-electron chi connectivity index (χ3n) is 4.20. The van der Waals surface area contributed by atoms with Gasteiger partial charge in [-0.25, -0.2) is 4.79 Å². The summed E-state index contributed by atoms with van der Waals surface area (Å²) in [6.45, 7) is 7.93. The van der Waals surface area contributed by atoms with Gasteiger partial charge in [-0.3, -0.25) is 9.11 Å². The molecular formula is C19H30N2O3S. The lowest BCUT2D eigenvalue weighted by atomic mass is 10.0. The fraction of sp³-hybridized carbons (Fsp3) is 0.632. The fourth-order valence-corrected chi connectivity index (χ4v) is 4.09. The highest BCUT2D eigenvalue weighted by molar-refractivity contribution is 7.85. The summed E-state index contributed by atoms with van der Waals surface area (Å²) < 4.78 is 17.7. The summed E-state index contributed by atoms with van der Waals surface area (Å²) in [7, 11) is -0.980. The van der Waals surface area contributed by atoms with Crippen LogP contribution in [0.4, 0.5) is 4.79 Å². The number of carbonyl (C=O) groups is 1. The van der Waals surface area contributed by atoms with Gasteiger partial charge >= 0.3 is 6.09 Å². The smallest absolute Gasteiger partial charge is 0.407 e. The number of rotatable bonds is 6. The molecule has 1 aromatic carbocycles. The van der Waals surface area contributed by atoms with Crippen molar-refractivity contribution in [3.05, 3.63) is 30.3 Å². The summed E-state index contributed by atoms with van der Waals surface area (Å²) in [6, 6.07) is 9.88. The molecule has 2 rings (SSSR count). The molecule has 1 aliphatic heterocycles. The molecule has 1 amide bonds. The zero-order chi connectivity index (χ0) is 18.3. The Hall–Kier alpha value is -1.40. The first-order chi connectivity index (χ1) is 11.8. The van der Waals surface area contributed by atoms with Gasteiger partial charge in [0.05, 0.1) is 10.8 Å². The fourth-order valence-electron chi connectivity index (χ4n) is 2.99. The minimum absolute atomic E-state index is 0.286. The monoisotopic (exact) mass is 366 g/mol. The van der Waals surface area contributed by atoms with Gasteiger partial charge in [0.15, 0.2) is 0 Å². The van der Waals surface area contributed by atoms with Gasteiger partial charge in [0.2, 0.25) is 0 Å². The molecule has 140 valence electrons. The summed E-state index contributed by atoms with van der Waals surface area (Å²) in [5.41, 5.74) is -0.483. The molecule has 1 heterocycles. The Bertz CT molecular complexity index is 572. The first kappa shape index (κ1) is 19.9. The number of likely N-dealkylation sites (tertiary alicyclic amines) is 1. The molecule has 1 aromatic rings. The zero-order valence-electron chi connectivity index (χ0n) is 15.5. The second kappa shape index (κ2) is 9.34. The minimum atomic E-state index is -0.980. The molecule has 1 saturated heterocycles. The summed E-state index contributed by atoms with van der Waals surface area (Å²) in [5.74, 6) is 0.618. The Morgan fingerprint density at radius 3 is 2.68 bits per heavy atom. The van der Waals surface area contributed by atoms with E-state index in [4.69, 9.17) is 4.74 Å². The number of benzene rings is 1. The van der Waals surface area contributed by atoms with E-state index in [1.165, 1.54) is 6.42 Å². The molecule has 0 radical (unpaired) electrons. The van der Waals surface area contributed by atoms with E-state index in [2.05, 4.69) is 10.2 Å². The molecule has 2 atom stereocenters. The zero-order valence-corrected chi connectivity index (χ0v) is 16.3. The number of alkyl carbamates (subject to hydrolysis) is 1. The molecule has 6 heteroatoms. The van der Waals surface area contributed by atoms with Crippen molar-refractivity contribution in [1.82, 2.24) is 10.2 Å². The van der Waals surface area contributed by atoms with Gasteiger partial charge in [-0.15, -0.1) is 0 Å². The lowest BCUT2D eigenvalue weighted by Gasteiger charge is -2.35. The van der Waals surface area contributed by atoms with E-state index in [0.717, 1.165) is 30.8 Å². The molecule has 1 aliphatic rings. The molecule has 0 spiro atoms. The number of carbonyl (C=O) groups excluding carboxylic acids is 1. The van der Waals surface area contributed by atoms with Crippen molar-refractivity contribution < 1.29 is 13.7 Å². The number of ether oxygens (including phenoxy) is 1. The van der Waals surface area contributed by atoms with E-state index in [1.54, 1.807) is 0 Å². The molecule has 0 aliphatic carbocycles. The molecule has 0 aromatic heterocycles. The van der Waals surface area contributed by atoms with Crippen molar-refractivity contribution >= 4 is 16.9 Å². The van der Waals surface area contributed by atoms with Crippen LogP contribution in [0.1, 0.15) is 40.0 Å². The molecule has 1 fully saturated rings. The van der Waals surface area contributed by atoms with Crippen LogP contribution in [0, 0.1) is 0 Å². The summed E-state index contributed by atoms with van der Waals surface area (Å²) in [6.07, 6.45) is 3.00. The van der Waals surface area contributed by atoms with Crippen molar-refractivity contribution in [1.29, 1.82) is 0 Å². The largest absolute Gasteiger partial charge is 0.444 e. The van der Waals surface area contributed by atoms with Gasteiger partial charge in [-0.05, 0) is 52.3 Å². The van der Waals surface area contributed by atoms with Crippen molar-refractivity contribution in [2.24, 2.45) is 0 Å². The van der Waals surface area contributed by atoms with Crippen LogP contribution in [0.15, 0.2) is 35.2 Å². The summed E-state index contributed by atoms with van der Waals surface area (Å²) >= 11 is 0. The standard InChI is InChI=1S/C19H30N2O3S/c1-19(2,3)24-18(22)20-15-16-9-7-8-12-21(16)13-14-25(23)17-10-5-4-6-11-17/h4-6,10-11,16H,7-9,12-15H2,1-3H3,(H,20,22). The highest BCUT2D eigenvalue weighted by atomic mass is 32.2. The third-order valence-corrected chi connectivity index (χ3v) is 5.55. The van der Waals surface area contributed by atoms with E-state index in [1.807, 2.05) is 51.1 Å². The quantitative estimate of drug-likeness (QED) is 0.840. The van der Waals surface area contributed by atoms with Gasteiger partial charge in [0.25, 0.3) is 0 Å². The van der Waals surface area contributed by atoms with Crippen molar-refractivity contribution in [2.45, 2.75) is 56.6 Å². The van der Waals surface area contributed by atoms with Crippen LogP contribution in [-0.2, 0) is 15.5 Å². The van der Waals surface area contributed by atoms with Crippen LogP contribution in [0.2, 0.25) is 0 Å². The van der Waals surface area contributed by atoms with Crippen molar-refractivity contribution in [2.75, 3.05) is 25.4 Å². The number of nitrogens with zero attached hydrogens (tertiary/aromatic N) is 1. The lowest BCUT2D eigenvalue weighted by Crippen LogP contribution is -2.48. The van der Waals surface area contributed by atoms with E-state index < -0.39 is 16.4 Å². The van der Waals surface area contributed by atoms with Gasteiger partial charge in [-0.2, -0.15) is 0 Å². The van der Waals surface area contributed by atoms with Gasteiger partial charge in [0.1, 0.15) is 5.60 Å². The highest BCUT2D eigenvalue weighted by Gasteiger charge is 2.24. The van der Waals surface area contributed by atoms with Crippen molar-refractivity contribution in [3.8, 4) is 0 Å². The number of nitrogens with one attached hydrogen (secondary N) is 1. The van der Waals surface area contributed by atoms with Gasteiger partial charge in [0, 0.05) is 29.8 Å². The van der Waals surface area contributed by atoms with E-state index in [0.29, 0.717) is 12.3 Å². The Morgan fingerprint density at radius 2 is 2.00 bits per heavy atom. The number of hydrogen-bond donors (Lipinski definition) is 1. The maximum Gasteiger partial charge on any atom is 0.407 e. The SMILES string of the molecule is CC(C)(C)OC(=O)NCC1CCCCN1CCS(=O)c1ccccc1. The molecule has 25 heavy (non-hydrogen) atoms. The highest BCUT2D eigenvalue weighted by Crippen LogP contribution is 2.17. The Morgan fingerprint density at radius 1 is 1.28 bits per heavy atom. The number of piperidine rings is 1. The van der Waals surface area contributed by atoms with Crippen LogP contribution in [0.5, 0.6) is 0 Å². The maximum absolute atomic E-state index is 12.4. The molecule has 0 bridgehead atoms. The molecule has 5 nitrogen and oxygen atoms in total. The second-order valence-electron chi connectivity index (χ2n) is 7.43.